The average molecular weight is 415 g/mol. The quantitative estimate of drug-likeness (QED) is 0.597. The fraction of sp³-hybridized carbons (Fsp3) is 0.840. The van der Waals surface area contributed by atoms with Crippen LogP contribution in [0.1, 0.15) is 89.5 Å². The summed E-state index contributed by atoms with van der Waals surface area (Å²) in [5.74, 6) is 4.44. The van der Waals surface area contributed by atoms with Gasteiger partial charge in [-0.15, -0.1) is 11.3 Å². The van der Waals surface area contributed by atoms with E-state index in [0.717, 1.165) is 36.5 Å². The molecule has 0 N–H and O–H groups in total. The molecule has 4 heteroatoms. The molecule has 0 aromatic carbocycles. The average Bonchev–Trinajstić information content (AvgIpc) is 3.34. The van der Waals surface area contributed by atoms with Gasteiger partial charge in [-0.05, 0) is 85.9 Å². The van der Waals surface area contributed by atoms with Crippen molar-refractivity contribution in [3.8, 4) is 0 Å². The fourth-order valence-electron chi connectivity index (χ4n) is 8.65. The van der Waals surface area contributed by atoms with Gasteiger partial charge in [0, 0.05) is 37.0 Å². The lowest BCUT2D eigenvalue weighted by Gasteiger charge is -2.62. The molecule has 8 atom stereocenters. The molecular weight excluding hydrogens is 376 g/mol. The molecule has 5 rings (SSSR count). The molecule has 4 aliphatic rings. The summed E-state index contributed by atoms with van der Waals surface area (Å²) in [7, 11) is 2.07. The van der Waals surface area contributed by atoms with Crippen LogP contribution in [0.4, 0.5) is 0 Å². The number of rotatable bonds is 3. The lowest BCUT2D eigenvalue weighted by molar-refractivity contribution is -0.158. The summed E-state index contributed by atoms with van der Waals surface area (Å²) < 4.78 is 0. The van der Waals surface area contributed by atoms with E-state index in [0.29, 0.717) is 28.7 Å². The molecule has 1 amide bonds. The summed E-state index contributed by atoms with van der Waals surface area (Å²) in [6, 6.07) is 0.483. The van der Waals surface area contributed by atoms with Crippen molar-refractivity contribution in [2.24, 2.45) is 34.5 Å². The second kappa shape index (κ2) is 7.07. The molecule has 3 aliphatic carbocycles. The minimum absolute atomic E-state index is 0.346. The van der Waals surface area contributed by atoms with E-state index >= 15 is 0 Å². The number of nitrogens with zero attached hydrogens (tertiary/aromatic N) is 2. The topological polar surface area (TPSA) is 33.2 Å². The zero-order valence-electron chi connectivity index (χ0n) is 18.7. The molecule has 0 bridgehead atoms. The third-order valence-corrected chi connectivity index (χ3v) is 11.3. The van der Waals surface area contributed by atoms with E-state index in [2.05, 4.69) is 43.1 Å². The summed E-state index contributed by atoms with van der Waals surface area (Å²) in [5.41, 5.74) is 0.867. The Labute approximate surface area is 180 Å². The second-order valence-corrected chi connectivity index (χ2v) is 12.2. The first-order valence-electron chi connectivity index (χ1n) is 12.0. The summed E-state index contributed by atoms with van der Waals surface area (Å²) in [4.78, 5) is 19.1. The first-order chi connectivity index (χ1) is 13.8. The highest BCUT2D eigenvalue weighted by molar-refractivity contribution is 7.09. The first kappa shape index (κ1) is 20.0. The van der Waals surface area contributed by atoms with Gasteiger partial charge in [-0.25, -0.2) is 4.98 Å². The Balaban J connectivity index is 1.35. The van der Waals surface area contributed by atoms with Gasteiger partial charge in [0.1, 0.15) is 0 Å². The number of hydrogen-bond donors (Lipinski definition) is 0. The third-order valence-electron chi connectivity index (χ3n) is 10.3. The maximum Gasteiger partial charge on any atom is 0.222 e. The Morgan fingerprint density at radius 3 is 2.69 bits per heavy atom. The van der Waals surface area contributed by atoms with Gasteiger partial charge in [0.25, 0.3) is 0 Å². The Hall–Kier alpha value is -0.900. The molecular formula is C25H38N2OS. The van der Waals surface area contributed by atoms with Gasteiger partial charge in [-0.1, -0.05) is 20.8 Å². The SMILES string of the molecule is CC(C[C@H]1CC[C@H]2[C@@H]3CC[C@H]4N(C)C(=O)CC[C@]4(C)[C@H]3CC[C@]12C)c1nccs1. The number of carbonyl (C=O) groups excluding carboxylic acids is 1. The maximum atomic E-state index is 12.3. The lowest BCUT2D eigenvalue weighted by atomic mass is 9.46. The molecule has 0 spiro atoms. The summed E-state index contributed by atoms with van der Waals surface area (Å²) in [6.45, 7) is 7.57. The van der Waals surface area contributed by atoms with E-state index in [4.69, 9.17) is 0 Å². The minimum atomic E-state index is 0.346. The molecule has 160 valence electrons. The molecule has 1 aromatic heterocycles. The summed E-state index contributed by atoms with van der Waals surface area (Å²) in [5, 5.41) is 3.45. The van der Waals surface area contributed by atoms with Crippen LogP contribution in [0.15, 0.2) is 11.6 Å². The number of thiazole rings is 1. The number of piperidine rings is 1. The van der Waals surface area contributed by atoms with Gasteiger partial charge in [-0.2, -0.15) is 0 Å². The van der Waals surface area contributed by atoms with Crippen molar-refractivity contribution in [1.29, 1.82) is 0 Å². The molecule has 3 saturated carbocycles. The highest BCUT2D eigenvalue weighted by Crippen LogP contribution is 2.67. The summed E-state index contributed by atoms with van der Waals surface area (Å²) >= 11 is 1.83. The number of likely N-dealkylation sites (tertiary alicyclic amines) is 1. The third kappa shape index (κ3) is 2.95. The number of amides is 1. The van der Waals surface area contributed by atoms with Crippen LogP contribution < -0.4 is 0 Å². The predicted octanol–water partition coefficient (Wildman–Crippen LogP) is 6.12. The molecule has 4 fully saturated rings. The Kier molecular flexibility index (Phi) is 4.88. The van der Waals surface area contributed by atoms with Gasteiger partial charge >= 0.3 is 0 Å². The number of fused-ring (bicyclic) bond motifs is 5. The molecule has 1 unspecified atom stereocenters. The molecule has 2 heterocycles. The zero-order valence-corrected chi connectivity index (χ0v) is 19.5. The van der Waals surface area contributed by atoms with Crippen LogP contribution >= 0.6 is 11.3 Å². The van der Waals surface area contributed by atoms with Crippen LogP contribution in [0.2, 0.25) is 0 Å². The van der Waals surface area contributed by atoms with Crippen LogP contribution in [0, 0.1) is 34.5 Å². The Morgan fingerprint density at radius 1 is 1.14 bits per heavy atom. The van der Waals surface area contributed by atoms with Crippen molar-refractivity contribution in [3.05, 3.63) is 16.6 Å². The lowest BCUT2D eigenvalue weighted by Crippen LogP contribution is -2.61. The van der Waals surface area contributed by atoms with Crippen molar-refractivity contribution >= 4 is 17.2 Å². The molecule has 1 aliphatic heterocycles. The fourth-order valence-corrected chi connectivity index (χ4v) is 9.36. The van der Waals surface area contributed by atoms with Gasteiger partial charge in [0.05, 0.1) is 5.01 Å². The van der Waals surface area contributed by atoms with E-state index in [-0.39, 0.29) is 0 Å². The van der Waals surface area contributed by atoms with Crippen LogP contribution in [0.5, 0.6) is 0 Å². The van der Waals surface area contributed by atoms with Crippen LogP contribution in [-0.2, 0) is 4.79 Å². The predicted molar refractivity (Wildman–Crippen MR) is 119 cm³/mol. The smallest absolute Gasteiger partial charge is 0.222 e. The molecule has 1 aromatic rings. The van der Waals surface area contributed by atoms with Crippen molar-refractivity contribution in [2.45, 2.75) is 90.5 Å². The van der Waals surface area contributed by atoms with E-state index in [1.165, 1.54) is 50.0 Å². The van der Waals surface area contributed by atoms with Crippen LogP contribution in [-0.4, -0.2) is 28.9 Å². The van der Waals surface area contributed by atoms with Crippen molar-refractivity contribution < 1.29 is 4.79 Å². The molecule has 3 nitrogen and oxygen atoms in total. The van der Waals surface area contributed by atoms with Crippen LogP contribution in [0.3, 0.4) is 0 Å². The van der Waals surface area contributed by atoms with E-state index in [9.17, 15) is 4.79 Å². The van der Waals surface area contributed by atoms with E-state index in [1.807, 2.05) is 17.5 Å². The molecule has 1 saturated heterocycles. The van der Waals surface area contributed by atoms with E-state index < -0.39 is 0 Å². The molecule has 29 heavy (non-hydrogen) atoms. The largest absolute Gasteiger partial charge is 0.342 e. The number of hydrogen-bond acceptors (Lipinski definition) is 3. The summed E-state index contributed by atoms with van der Waals surface area (Å²) in [6.07, 6.45) is 13.4. The minimum Gasteiger partial charge on any atom is -0.342 e. The van der Waals surface area contributed by atoms with Crippen molar-refractivity contribution in [3.63, 3.8) is 0 Å². The standard InChI is InChI=1S/C25H38N2OS/c1-16(23-26-13-14-29-23)15-17-5-7-19-18-6-8-21-25(3,12-10-22(28)27(21)4)20(18)9-11-24(17,19)2/h13-14,16-21H,5-12,15H2,1-4H3/t16?,17-,18+,19+,20+,21-,24-,25-/m1/s1. The Morgan fingerprint density at radius 2 is 1.93 bits per heavy atom. The zero-order chi connectivity index (χ0) is 20.4. The Bertz CT molecular complexity index is 763. The maximum absolute atomic E-state index is 12.3. The van der Waals surface area contributed by atoms with Gasteiger partial charge < -0.3 is 4.90 Å². The van der Waals surface area contributed by atoms with E-state index in [1.54, 1.807) is 0 Å². The van der Waals surface area contributed by atoms with Crippen LogP contribution in [0.25, 0.3) is 0 Å². The van der Waals surface area contributed by atoms with Gasteiger partial charge in [-0.3, -0.25) is 4.79 Å². The monoisotopic (exact) mass is 414 g/mol. The highest BCUT2D eigenvalue weighted by Gasteiger charge is 2.61. The van der Waals surface area contributed by atoms with Crippen molar-refractivity contribution in [1.82, 2.24) is 9.88 Å². The normalized spacial score (nSPS) is 45.4. The van der Waals surface area contributed by atoms with Gasteiger partial charge in [0.15, 0.2) is 0 Å². The number of aromatic nitrogens is 1. The first-order valence-corrected chi connectivity index (χ1v) is 12.9. The second-order valence-electron chi connectivity index (χ2n) is 11.3. The van der Waals surface area contributed by atoms with Crippen molar-refractivity contribution in [2.75, 3.05) is 7.05 Å². The molecule has 0 radical (unpaired) electrons. The number of carbonyl (C=O) groups is 1. The highest BCUT2D eigenvalue weighted by atomic mass is 32.1. The van der Waals surface area contributed by atoms with Gasteiger partial charge in [0.2, 0.25) is 5.91 Å².